The Bertz CT molecular complexity index is 608. The number of halogens is 3. The van der Waals surface area contributed by atoms with Gasteiger partial charge in [-0.1, -0.05) is 19.4 Å². The van der Waals surface area contributed by atoms with E-state index in [1.807, 2.05) is 13.8 Å². The van der Waals surface area contributed by atoms with Gasteiger partial charge in [-0.3, -0.25) is 9.59 Å². The van der Waals surface area contributed by atoms with Gasteiger partial charge in [0.2, 0.25) is 11.8 Å². The summed E-state index contributed by atoms with van der Waals surface area (Å²) in [6, 6.07) is 4.17. The first kappa shape index (κ1) is 22.3. The Morgan fingerprint density at radius 1 is 1.27 bits per heavy atom. The minimum atomic E-state index is -4.41. The molecule has 0 heterocycles. The number of carbonyl (C=O) groups excluding carboxylic acids is 2. The Balaban J connectivity index is 2.85. The van der Waals surface area contributed by atoms with Crippen LogP contribution in [0.4, 0.5) is 13.2 Å². The molecular formula is C18H25F3N2O2S. The molecule has 1 aromatic carbocycles. The second-order valence-electron chi connectivity index (χ2n) is 5.86. The maximum Gasteiger partial charge on any atom is 0.416 e. The quantitative estimate of drug-likeness (QED) is 0.650. The number of unbranched alkanes of at least 4 members (excludes halogenated alkanes) is 1. The van der Waals surface area contributed by atoms with Crippen molar-refractivity contribution in [1.29, 1.82) is 0 Å². The fourth-order valence-corrected chi connectivity index (χ4v) is 3.33. The van der Waals surface area contributed by atoms with E-state index >= 15 is 0 Å². The standard InChI is InChI=1S/C18H25F3N2O2S/c1-4-6-10-23(5-2)17(25)16(22-13(3)24)12-26-15-9-7-8-14(11-15)18(19,20)21/h7-9,11,16H,4-6,10,12H2,1-3H3,(H,22,24). The zero-order valence-corrected chi connectivity index (χ0v) is 16.0. The van der Waals surface area contributed by atoms with Gasteiger partial charge in [-0.05, 0) is 31.5 Å². The first-order chi connectivity index (χ1) is 12.2. The summed E-state index contributed by atoms with van der Waals surface area (Å²) in [6.45, 7) is 6.31. The zero-order valence-electron chi connectivity index (χ0n) is 15.2. The van der Waals surface area contributed by atoms with E-state index in [1.54, 1.807) is 11.0 Å². The average molecular weight is 390 g/mol. The highest BCUT2D eigenvalue weighted by Gasteiger charge is 2.30. The van der Waals surface area contributed by atoms with Gasteiger partial charge in [-0.25, -0.2) is 0 Å². The highest BCUT2D eigenvalue weighted by molar-refractivity contribution is 7.99. The number of benzene rings is 1. The molecule has 0 aliphatic carbocycles. The van der Waals surface area contributed by atoms with Crippen molar-refractivity contribution in [3.63, 3.8) is 0 Å². The van der Waals surface area contributed by atoms with Crippen LogP contribution in [0.3, 0.4) is 0 Å². The van der Waals surface area contributed by atoms with Crippen molar-refractivity contribution >= 4 is 23.6 Å². The molecule has 0 saturated carbocycles. The summed E-state index contributed by atoms with van der Waals surface area (Å²) in [5, 5.41) is 2.61. The highest BCUT2D eigenvalue weighted by atomic mass is 32.2. The van der Waals surface area contributed by atoms with E-state index in [2.05, 4.69) is 5.32 Å². The van der Waals surface area contributed by atoms with Crippen molar-refractivity contribution in [3.05, 3.63) is 29.8 Å². The maximum absolute atomic E-state index is 12.8. The smallest absolute Gasteiger partial charge is 0.344 e. The Labute approximate surface area is 156 Å². The number of amides is 2. The minimum Gasteiger partial charge on any atom is -0.344 e. The monoisotopic (exact) mass is 390 g/mol. The van der Waals surface area contributed by atoms with Gasteiger partial charge in [0.05, 0.1) is 5.56 Å². The van der Waals surface area contributed by atoms with Crippen LogP contribution in [-0.2, 0) is 15.8 Å². The Morgan fingerprint density at radius 2 is 1.96 bits per heavy atom. The predicted octanol–water partition coefficient (Wildman–Crippen LogP) is 3.95. The normalized spacial score (nSPS) is 12.5. The van der Waals surface area contributed by atoms with Crippen LogP contribution in [0.2, 0.25) is 0 Å². The van der Waals surface area contributed by atoms with E-state index < -0.39 is 17.8 Å². The highest BCUT2D eigenvalue weighted by Crippen LogP contribution is 2.32. The number of rotatable bonds is 9. The lowest BCUT2D eigenvalue weighted by atomic mass is 10.2. The molecule has 146 valence electrons. The van der Waals surface area contributed by atoms with Crippen LogP contribution >= 0.6 is 11.8 Å². The number of alkyl halides is 3. The fourth-order valence-electron chi connectivity index (χ4n) is 2.36. The van der Waals surface area contributed by atoms with Gasteiger partial charge >= 0.3 is 6.18 Å². The Hall–Kier alpha value is -1.70. The summed E-state index contributed by atoms with van der Waals surface area (Å²) in [5.41, 5.74) is -0.733. The van der Waals surface area contributed by atoms with Crippen LogP contribution in [0.15, 0.2) is 29.2 Å². The molecule has 0 spiro atoms. The van der Waals surface area contributed by atoms with E-state index in [1.165, 1.54) is 13.0 Å². The van der Waals surface area contributed by atoms with Crippen molar-refractivity contribution in [3.8, 4) is 0 Å². The van der Waals surface area contributed by atoms with Crippen LogP contribution in [0.1, 0.15) is 39.2 Å². The molecule has 0 aromatic heterocycles. The summed E-state index contributed by atoms with van der Waals surface area (Å²) >= 11 is 1.12. The topological polar surface area (TPSA) is 49.4 Å². The lowest BCUT2D eigenvalue weighted by molar-refractivity contribution is -0.137. The molecule has 8 heteroatoms. The predicted molar refractivity (Wildman–Crippen MR) is 96.9 cm³/mol. The fraction of sp³-hybridized carbons (Fsp3) is 0.556. The molecule has 26 heavy (non-hydrogen) atoms. The van der Waals surface area contributed by atoms with Crippen molar-refractivity contribution in [2.75, 3.05) is 18.8 Å². The summed E-state index contributed by atoms with van der Waals surface area (Å²) < 4.78 is 38.4. The molecule has 1 N–H and O–H groups in total. The Kier molecular flexibility index (Phi) is 8.98. The summed E-state index contributed by atoms with van der Waals surface area (Å²) in [4.78, 5) is 26.2. The number of nitrogens with zero attached hydrogens (tertiary/aromatic N) is 1. The molecule has 1 aromatic rings. The zero-order chi connectivity index (χ0) is 19.7. The molecule has 0 fully saturated rings. The van der Waals surface area contributed by atoms with E-state index in [4.69, 9.17) is 0 Å². The molecule has 1 atom stereocenters. The lowest BCUT2D eigenvalue weighted by Crippen LogP contribution is -2.49. The molecule has 2 amide bonds. The molecule has 0 aliphatic heterocycles. The third-order valence-electron chi connectivity index (χ3n) is 3.73. The third-order valence-corrected chi connectivity index (χ3v) is 4.82. The summed E-state index contributed by atoms with van der Waals surface area (Å²) in [5.74, 6) is -0.391. The van der Waals surface area contributed by atoms with Crippen molar-refractivity contribution in [2.24, 2.45) is 0 Å². The molecule has 0 radical (unpaired) electrons. The SMILES string of the molecule is CCCCN(CC)C(=O)C(CSc1cccc(C(F)(F)F)c1)NC(C)=O. The first-order valence-corrected chi connectivity index (χ1v) is 9.53. The molecule has 1 unspecified atom stereocenters. The van der Waals surface area contributed by atoms with Gasteiger partial charge in [0.25, 0.3) is 0 Å². The first-order valence-electron chi connectivity index (χ1n) is 8.55. The average Bonchev–Trinajstić information content (AvgIpc) is 2.58. The summed E-state index contributed by atoms with van der Waals surface area (Å²) in [6.07, 6.45) is -2.62. The molecule has 0 bridgehead atoms. The number of nitrogens with one attached hydrogen (secondary N) is 1. The van der Waals surface area contributed by atoms with Crippen LogP contribution in [0, 0.1) is 0 Å². The summed E-state index contributed by atoms with van der Waals surface area (Å²) in [7, 11) is 0. The molecule has 1 rings (SSSR count). The van der Waals surface area contributed by atoms with Crippen LogP contribution in [-0.4, -0.2) is 41.6 Å². The van der Waals surface area contributed by atoms with E-state index in [-0.39, 0.29) is 17.6 Å². The molecule has 0 saturated heterocycles. The van der Waals surface area contributed by atoms with Crippen LogP contribution in [0.5, 0.6) is 0 Å². The van der Waals surface area contributed by atoms with Crippen molar-refractivity contribution in [1.82, 2.24) is 10.2 Å². The lowest BCUT2D eigenvalue weighted by Gasteiger charge is -2.26. The van der Waals surface area contributed by atoms with E-state index in [0.29, 0.717) is 18.0 Å². The van der Waals surface area contributed by atoms with Gasteiger partial charge in [0.15, 0.2) is 0 Å². The second kappa shape index (κ2) is 10.4. The Morgan fingerprint density at radius 3 is 2.50 bits per heavy atom. The molecular weight excluding hydrogens is 365 g/mol. The van der Waals surface area contributed by atoms with Gasteiger partial charge in [0, 0.05) is 30.7 Å². The van der Waals surface area contributed by atoms with Crippen LogP contribution < -0.4 is 5.32 Å². The van der Waals surface area contributed by atoms with Crippen molar-refractivity contribution in [2.45, 2.75) is 50.7 Å². The van der Waals surface area contributed by atoms with E-state index in [0.717, 1.165) is 36.7 Å². The van der Waals surface area contributed by atoms with Gasteiger partial charge < -0.3 is 10.2 Å². The molecule has 4 nitrogen and oxygen atoms in total. The number of likely N-dealkylation sites (N-methyl/N-ethyl adjacent to an activating group) is 1. The van der Waals surface area contributed by atoms with Gasteiger partial charge in [-0.2, -0.15) is 13.2 Å². The van der Waals surface area contributed by atoms with Crippen molar-refractivity contribution < 1.29 is 22.8 Å². The van der Waals surface area contributed by atoms with E-state index in [9.17, 15) is 22.8 Å². The van der Waals surface area contributed by atoms with Gasteiger partial charge in [-0.15, -0.1) is 11.8 Å². The minimum absolute atomic E-state index is 0.169. The third kappa shape index (κ3) is 7.27. The molecule has 0 aliphatic rings. The second-order valence-corrected chi connectivity index (χ2v) is 6.95. The number of hydrogen-bond donors (Lipinski definition) is 1. The van der Waals surface area contributed by atoms with Gasteiger partial charge in [0.1, 0.15) is 6.04 Å². The van der Waals surface area contributed by atoms with Crippen LogP contribution in [0.25, 0.3) is 0 Å². The number of carbonyl (C=O) groups is 2. The number of thioether (sulfide) groups is 1. The maximum atomic E-state index is 12.8. The number of hydrogen-bond acceptors (Lipinski definition) is 3. The largest absolute Gasteiger partial charge is 0.416 e.